The van der Waals surface area contributed by atoms with E-state index in [1.165, 1.54) is 20.1 Å². The molecule has 0 bridgehead atoms. The quantitative estimate of drug-likeness (QED) is 0.122. The number of aliphatic hydroxyl groups is 1. The number of amides is 1. The molecule has 0 radical (unpaired) electrons. The predicted molar refractivity (Wildman–Crippen MR) is 179 cm³/mol. The lowest BCUT2D eigenvalue weighted by atomic mass is 9.91. The largest absolute Gasteiger partial charge is 0.496 e. The molecule has 1 N–H and O–H groups in total. The van der Waals surface area contributed by atoms with Gasteiger partial charge in [-0.15, -0.1) is 0 Å². The minimum atomic E-state index is -5.10. The zero-order valence-electron chi connectivity index (χ0n) is 28.3. The Morgan fingerprint density at radius 2 is 1.42 bits per heavy atom. The molecule has 0 aromatic heterocycles. The van der Waals surface area contributed by atoms with E-state index < -0.39 is 70.9 Å². The Balaban J connectivity index is 1.90. The first-order chi connectivity index (χ1) is 24.1. The van der Waals surface area contributed by atoms with E-state index >= 15 is 0 Å². The molecule has 0 aliphatic rings. The molecule has 0 fully saturated rings. The number of alkyl halides is 8. The van der Waals surface area contributed by atoms with Gasteiger partial charge in [-0.25, -0.2) is 9.18 Å². The highest BCUT2D eigenvalue weighted by molar-refractivity contribution is 7.17. The van der Waals surface area contributed by atoms with Crippen LogP contribution in [0.1, 0.15) is 71.7 Å². The van der Waals surface area contributed by atoms with Crippen molar-refractivity contribution in [3.63, 3.8) is 0 Å². The molecule has 0 aliphatic heterocycles. The SMILES string of the molecule is COc1cc(F)c(C(C)C)cc1-c1ccc(C(F)(F)F)cc1CN(C(=O)OCc1ccccc1)C(C)C(O)c1cc(C(F)(F)F)cc(C(F)(F)P)c1. The van der Waals surface area contributed by atoms with Gasteiger partial charge in [-0.1, -0.05) is 59.5 Å². The van der Waals surface area contributed by atoms with Gasteiger partial charge in [0.15, 0.2) is 0 Å². The maximum Gasteiger partial charge on any atom is 0.416 e. The molecule has 5 nitrogen and oxygen atoms in total. The molecule has 1 amide bonds. The lowest BCUT2D eigenvalue weighted by Crippen LogP contribution is -2.42. The van der Waals surface area contributed by atoms with Crippen molar-refractivity contribution >= 4 is 15.3 Å². The minimum Gasteiger partial charge on any atom is -0.496 e. The van der Waals surface area contributed by atoms with Crippen LogP contribution in [0.15, 0.2) is 78.9 Å². The average Bonchev–Trinajstić information content (AvgIpc) is 3.07. The molecule has 0 heterocycles. The minimum absolute atomic E-state index is 0.0518. The van der Waals surface area contributed by atoms with Gasteiger partial charge in [-0.05, 0) is 77.1 Å². The van der Waals surface area contributed by atoms with Crippen molar-refractivity contribution in [1.29, 1.82) is 0 Å². The molecule has 0 saturated heterocycles. The van der Waals surface area contributed by atoms with Gasteiger partial charge in [0.1, 0.15) is 18.2 Å². The fourth-order valence-electron chi connectivity index (χ4n) is 5.55. The summed E-state index contributed by atoms with van der Waals surface area (Å²) in [5, 5.41) is 11.4. The van der Waals surface area contributed by atoms with Crippen LogP contribution in [0.25, 0.3) is 11.1 Å². The molecule has 0 spiro atoms. The summed E-state index contributed by atoms with van der Waals surface area (Å²) in [6.45, 7) is 3.49. The van der Waals surface area contributed by atoms with E-state index in [-0.39, 0.29) is 46.6 Å². The van der Waals surface area contributed by atoms with E-state index in [2.05, 4.69) is 0 Å². The second kappa shape index (κ2) is 15.8. The Morgan fingerprint density at radius 1 is 0.808 bits per heavy atom. The van der Waals surface area contributed by atoms with Crippen molar-refractivity contribution in [2.24, 2.45) is 0 Å². The average molecular weight is 760 g/mol. The van der Waals surface area contributed by atoms with E-state index in [1.807, 2.05) is 0 Å². The molecule has 4 rings (SSSR count). The van der Waals surface area contributed by atoms with Crippen LogP contribution >= 0.6 is 9.24 Å². The fourth-order valence-corrected chi connectivity index (χ4v) is 5.71. The number of aliphatic hydroxyl groups excluding tert-OH is 1. The van der Waals surface area contributed by atoms with Gasteiger partial charge >= 0.3 is 18.4 Å². The third kappa shape index (κ3) is 9.57. The topological polar surface area (TPSA) is 59.0 Å². The smallest absolute Gasteiger partial charge is 0.416 e. The number of benzene rings is 4. The Labute approximate surface area is 296 Å². The van der Waals surface area contributed by atoms with Gasteiger partial charge in [0.05, 0.1) is 36.9 Å². The van der Waals surface area contributed by atoms with Gasteiger partial charge in [0.2, 0.25) is 0 Å². The molecule has 0 aliphatic carbocycles. The van der Waals surface area contributed by atoms with Crippen LogP contribution in [-0.2, 0) is 35.9 Å². The summed E-state index contributed by atoms with van der Waals surface area (Å²) in [5.41, 5.74) is -7.48. The van der Waals surface area contributed by atoms with Crippen LogP contribution < -0.4 is 4.74 Å². The van der Waals surface area contributed by atoms with Gasteiger partial charge < -0.3 is 14.6 Å². The van der Waals surface area contributed by atoms with E-state index in [9.17, 15) is 49.4 Å². The van der Waals surface area contributed by atoms with Gasteiger partial charge in [0.25, 0.3) is 5.66 Å². The Bertz CT molecular complexity index is 1840. The van der Waals surface area contributed by atoms with Crippen LogP contribution in [0.3, 0.4) is 0 Å². The van der Waals surface area contributed by atoms with Crippen LogP contribution in [0.5, 0.6) is 5.75 Å². The van der Waals surface area contributed by atoms with E-state index in [0.717, 1.165) is 38.4 Å². The van der Waals surface area contributed by atoms with Crippen molar-refractivity contribution in [1.82, 2.24) is 4.90 Å². The predicted octanol–water partition coefficient (Wildman–Crippen LogP) is 10.8. The molecule has 4 aromatic rings. The first kappa shape index (κ1) is 40.5. The summed E-state index contributed by atoms with van der Waals surface area (Å²) in [7, 11) is 2.34. The summed E-state index contributed by atoms with van der Waals surface area (Å²) >= 11 is 0. The fraction of sp³-hybridized carbons (Fsp3) is 0.324. The number of ether oxygens (including phenoxy) is 2. The number of rotatable bonds is 11. The second-order valence-corrected chi connectivity index (χ2v) is 13.1. The van der Waals surface area contributed by atoms with Crippen LogP contribution in [0.4, 0.5) is 44.3 Å². The molecule has 0 saturated carbocycles. The Kier molecular flexibility index (Phi) is 12.3. The highest BCUT2D eigenvalue weighted by Crippen LogP contribution is 2.42. The molecule has 280 valence electrons. The van der Waals surface area contributed by atoms with Crippen LogP contribution in [-0.4, -0.2) is 29.3 Å². The van der Waals surface area contributed by atoms with Gasteiger partial charge in [-0.3, -0.25) is 4.90 Å². The molecule has 52 heavy (non-hydrogen) atoms. The van der Waals surface area contributed by atoms with Crippen molar-refractivity contribution in [3.8, 4) is 16.9 Å². The molecular formula is C37H35F9NO4P. The normalized spacial score (nSPS) is 13.5. The van der Waals surface area contributed by atoms with Crippen molar-refractivity contribution < 1.29 is 58.9 Å². The third-order valence-electron chi connectivity index (χ3n) is 8.40. The number of halogens is 9. The number of hydrogen-bond acceptors (Lipinski definition) is 4. The Hall–Kier alpha value is -4.29. The zero-order valence-corrected chi connectivity index (χ0v) is 29.4. The summed E-state index contributed by atoms with van der Waals surface area (Å²) in [4.78, 5) is 14.6. The molecular weight excluding hydrogens is 724 g/mol. The lowest BCUT2D eigenvalue weighted by Gasteiger charge is -2.33. The number of methoxy groups -OCH3 is 1. The molecule has 3 atom stereocenters. The summed E-state index contributed by atoms with van der Waals surface area (Å²) in [6.07, 6.45) is -13.3. The summed E-state index contributed by atoms with van der Waals surface area (Å²) in [6, 6.07) is 13.0. The second-order valence-electron chi connectivity index (χ2n) is 12.4. The number of nitrogens with zero attached hydrogens (tertiary/aromatic N) is 1. The highest BCUT2D eigenvalue weighted by atomic mass is 31.0. The first-order valence-electron chi connectivity index (χ1n) is 15.7. The highest BCUT2D eigenvalue weighted by Gasteiger charge is 2.38. The first-order valence-corrected chi connectivity index (χ1v) is 16.3. The van der Waals surface area contributed by atoms with Crippen LogP contribution in [0.2, 0.25) is 0 Å². The summed E-state index contributed by atoms with van der Waals surface area (Å²) in [5.74, 6) is -1.05. The van der Waals surface area contributed by atoms with Gasteiger partial charge in [-0.2, -0.15) is 35.1 Å². The maximum absolute atomic E-state index is 15.0. The maximum atomic E-state index is 15.0. The van der Waals surface area contributed by atoms with Crippen LogP contribution in [0, 0.1) is 5.82 Å². The molecule has 15 heteroatoms. The van der Waals surface area contributed by atoms with E-state index in [0.29, 0.717) is 17.7 Å². The van der Waals surface area contributed by atoms with Crippen molar-refractivity contribution in [2.75, 3.05) is 7.11 Å². The molecule has 3 unspecified atom stereocenters. The third-order valence-corrected chi connectivity index (χ3v) is 8.73. The zero-order chi connectivity index (χ0) is 38.8. The number of carbonyl (C=O) groups excluding carboxylic acids is 1. The van der Waals surface area contributed by atoms with Crippen molar-refractivity contribution in [3.05, 3.63) is 124 Å². The summed E-state index contributed by atoms with van der Waals surface area (Å²) < 4.78 is 138. The standard InChI is InChI=1S/C37H35F9NO4P/c1-20(2)29-16-30(32(50-4)17-31(29)38)28-11-10-25(35(39,40)41)14-24(28)18-47(34(49)51-19-22-8-6-5-7-9-22)21(3)33(48)23-12-26(36(42,43)44)15-27(13-23)37(45,46)52/h5-17,20-21,33,48H,18-19,52H2,1-4H3. The lowest BCUT2D eigenvalue weighted by molar-refractivity contribution is -0.138. The van der Waals surface area contributed by atoms with Crippen molar-refractivity contribution in [2.45, 2.75) is 70.0 Å². The van der Waals surface area contributed by atoms with E-state index in [1.54, 1.807) is 44.2 Å². The molecule has 4 aromatic carbocycles. The number of hydrogen-bond donors (Lipinski definition) is 1. The van der Waals surface area contributed by atoms with Gasteiger partial charge in [0, 0.05) is 17.2 Å². The monoisotopic (exact) mass is 759 g/mol. The van der Waals surface area contributed by atoms with E-state index in [4.69, 9.17) is 9.47 Å². The number of carbonyl (C=O) groups is 1. The Morgan fingerprint density at radius 3 is 1.98 bits per heavy atom.